The highest BCUT2D eigenvalue weighted by Crippen LogP contribution is 2.38. The summed E-state index contributed by atoms with van der Waals surface area (Å²) in [5, 5.41) is 8.93. The number of hydrogen-bond donors (Lipinski definition) is 0. The second kappa shape index (κ2) is 6.30. The van der Waals surface area contributed by atoms with Crippen LogP contribution in [0, 0.1) is 0 Å². The van der Waals surface area contributed by atoms with Crippen LogP contribution in [0.5, 0.6) is 0 Å². The van der Waals surface area contributed by atoms with E-state index < -0.39 is 0 Å². The van der Waals surface area contributed by atoms with Crippen molar-refractivity contribution in [2.45, 2.75) is 13.8 Å². The zero-order chi connectivity index (χ0) is 18.3. The highest BCUT2D eigenvalue weighted by molar-refractivity contribution is 5.66. The summed E-state index contributed by atoms with van der Waals surface area (Å²) in [4.78, 5) is 0. The topological polar surface area (TPSA) is 13.0 Å². The van der Waals surface area contributed by atoms with Crippen LogP contribution >= 0.6 is 0 Å². The molecular weight excluding hydrogens is 320 g/mol. The number of para-hydroxylation sites is 2. The number of anilines is 2. The lowest BCUT2D eigenvalue weighted by Crippen LogP contribution is -2.37. The fourth-order valence-corrected chi connectivity index (χ4v) is 3.47. The molecular formula is C22H24N4. The lowest BCUT2D eigenvalue weighted by atomic mass is 10.2. The zero-order valence-corrected chi connectivity index (χ0v) is 15.7. The van der Waals surface area contributed by atoms with Crippen molar-refractivity contribution in [2.75, 3.05) is 24.1 Å². The molecule has 4 nitrogen and oxygen atoms in total. The highest BCUT2D eigenvalue weighted by atomic mass is 15.7. The standard InChI is InChI=1S/C22H24N4/c1-17-15-21(25(23(17)3)19-11-7-5-8-12-19)22-16-18(2)24(4)26(22)20-13-9-6-10-14-20/h5-16H,1-4H3/b22-21+. The average molecular weight is 344 g/mol. The highest BCUT2D eigenvalue weighted by Gasteiger charge is 2.32. The van der Waals surface area contributed by atoms with Gasteiger partial charge in [0, 0.05) is 25.5 Å². The molecule has 2 aromatic carbocycles. The van der Waals surface area contributed by atoms with Crippen LogP contribution in [0.2, 0.25) is 0 Å². The number of hydrogen-bond acceptors (Lipinski definition) is 4. The maximum Gasteiger partial charge on any atom is 0.0907 e. The molecule has 4 rings (SSSR count). The van der Waals surface area contributed by atoms with E-state index in [2.05, 4.69) is 121 Å². The van der Waals surface area contributed by atoms with Crippen molar-refractivity contribution in [1.82, 2.24) is 10.0 Å². The van der Waals surface area contributed by atoms with Gasteiger partial charge in [0.25, 0.3) is 0 Å². The molecule has 0 aliphatic carbocycles. The van der Waals surface area contributed by atoms with E-state index in [-0.39, 0.29) is 0 Å². The third-order valence-electron chi connectivity index (χ3n) is 5.03. The third kappa shape index (κ3) is 2.54. The minimum atomic E-state index is 1.15. The number of allylic oxidation sites excluding steroid dienone is 4. The molecule has 0 aromatic heterocycles. The van der Waals surface area contributed by atoms with E-state index in [9.17, 15) is 0 Å². The van der Waals surface area contributed by atoms with Crippen molar-refractivity contribution >= 4 is 11.4 Å². The molecule has 2 aliphatic rings. The Hall–Kier alpha value is -3.14. The first-order valence-corrected chi connectivity index (χ1v) is 8.86. The Balaban J connectivity index is 1.89. The Bertz CT molecular complexity index is 821. The van der Waals surface area contributed by atoms with Gasteiger partial charge in [0.1, 0.15) is 0 Å². The van der Waals surface area contributed by atoms with Gasteiger partial charge in [0.2, 0.25) is 0 Å². The summed E-state index contributed by atoms with van der Waals surface area (Å²) in [6.07, 6.45) is 4.50. The molecule has 0 radical (unpaired) electrons. The Morgan fingerprint density at radius 1 is 0.538 bits per heavy atom. The summed E-state index contributed by atoms with van der Waals surface area (Å²) in [6.45, 7) is 4.29. The van der Waals surface area contributed by atoms with Gasteiger partial charge in [-0.15, -0.1) is 0 Å². The summed E-state index contributed by atoms with van der Waals surface area (Å²) in [7, 11) is 4.21. The lowest BCUT2D eigenvalue weighted by Gasteiger charge is -2.35. The minimum Gasteiger partial charge on any atom is -0.288 e. The van der Waals surface area contributed by atoms with E-state index in [1.54, 1.807) is 0 Å². The summed E-state index contributed by atoms with van der Waals surface area (Å²) in [5.41, 5.74) is 7.07. The first kappa shape index (κ1) is 16.3. The maximum absolute atomic E-state index is 2.27. The van der Waals surface area contributed by atoms with Crippen molar-refractivity contribution in [3.8, 4) is 0 Å². The summed E-state index contributed by atoms with van der Waals surface area (Å²) in [6, 6.07) is 21.0. The molecule has 0 bridgehead atoms. The van der Waals surface area contributed by atoms with Gasteiger partial charge < -0.3 is 0 Å². The van der Waals surface area contributed by atoms with Crippen molar-refractivity contribution in [3.05, 3.63) is 95.6 Å². The molecule has 26 heavy (non-hydrogen) atoms. The predicted molar refractivity (Wildman–Crippen MR) is 108 cm³/mol. The van der Waals surface area contributed by atoms with Gasteiger partial charge in [-0.3, -0.25) is 20.0 Å². The van der Waals surface area contributed by atoms with Crippen LogP contribution in [0.15, 0.2) is 95.6 Å². The maximum atomic E-state index is 2.27. The zero-order valence-electron chi connectivity index (χ0n) is 15.7. The van der Waals surface area contributed by atoms with Crippen molar-refractivity contribution in [3.63, 3.8) is 0 Å². The number of rotatable bonds is 2. The van der Waals surface area contributed by atoms with E-state index in [0.29, 0.717) is 0 Å². The van der Waals surface area contributed by atoms with E-state index in [1.165, 1.54) is 22.8 Å². The Labute approximate surface area is 155 Å². The smallest absolute Gasteiger partial charge is 0.0907 e. The first-order valence-electron chi connectivity index (χ1n) is 8.86. The third-order valence-corrected chi connectivity index (χ3v) is 5.03. The lowest BCUT2D eigenvalue weighted by molar-refractivity contribution is 0.424. The molecule has 0 atom stereocenters. The molecule has 0 N–H and O–H groups in total. The van der Waals surface area contributed by atoms with E-state index in [4.69, 9.17) is 0 Å². The average Bonchev–Trinajstić information content (AvgIpc) is 3.13. The van der Waals surface area contributed by atoms with Gasteiger partial charge in [-0.05, 0) is 50.3 Å². The number of nitrogens with zero attached hydrogens (tertiary/aromatic N) is 4. The van der Waals surface area contributed by atoms with Gasteiger partial charge >= 0.3 is 0 Å². The van der Waals surface area contributed by atoms with Crippen LogP contribution in [0.1, 0.15) is 13.8 Å². The monoisotopic (exact) mass is 344 g/mol. The second-order valence-electron chi connectivity index (χ2n) is 6.68. The summed E-state index contributed by atoms with van der Waals surface area (Å²) in [5.74, 6) is 0. The molecule has 2 aromatic rings. The van der Waals surface area contributed by atoms with Gasteiger partial charge in [0.05, 0.1) is 22.8 Å². The second-order valence-corrected chi connectivity index (χ2v) is 6.68. The van der Waals surface area contributed by atoms with Crippen LogP contribution in [0.25, 0.3) is 0 Å². The molecule has 0 saturated heterocycles. The Kier molecular flexibility index (Phi) is 3.96. The number of benzene rings is 2. The molecule has 0 saturated carbocycles. The fraction of sp³-hybridized carbons (Fsp3) is 0.182. The van der Waals surface area contributed by atoms with Crippen molar-refractivity contribution in [1.29, 1.82) is 0 Å². The van der Waals surface area contributed by atoms with E-state index >= 15 is 0 Å². The Morgan fingerprint density at radius 3 is 1.23 bits per heavy atom. The molecule has 0 amide bonds. The van der Waals surface area contributed by atoms with Crippen molar-refractivity contribution < 1.29 is 0 Å². The largest absolute Gasteiger partial charge is 0.288 e. The first-order chi connectivity index (χ1) is 12.6. The molecule has 4 heteroatoms. The minimum absolute atomic E-state index is 1.15. The number of hydrazine groups is 2. The van der Waals surface area contributed by atoms with Crippen molar-refractivity contribution in [2.24, 2.45) is 0 Å². The van der Waals surface area contributed by atoms with Gasteiger partial charge in [-0.2, -0.15) is 0 Å². The molecule has 0 fully saturated rings. The normalized spacial score (nSPS) is 20.0. The predicted octanol–water partition coefficient (Wildman–Crippen LogP) is 4.74. The summed E-state index contributed by atoms with van der Waals surface area (Å²) >= 11 is 0. The van der Waals surface area contributed by atoms with Crippen LogP contribution in [0.3, 0.4) is 0 Å². The summed E-state index contributed by atoms with van der Waals surface area (Å²) < 4.78 is 0. The molecule has 2 aliphatic heterocycles. The van der Waals surface area contributed by atoms with Crippen LogP contribution in [-0.4, -0.2) is 24.1 Å². The van der Waals surface area contributed by atoms with Crippen LogP contribution in [-0.2, 0) is 0 Å². The van der Waals surface area contributed by atoms with Gasteiger partial charge in [-0.1, -0.05) is 36.4 Å². The van der Waals surface area contributed by atoms with E-state index in [1.807, 2.05) is 0 Å². The molecule has 0 spiro atoms. The van der Waals surface area contributed by atoms with Crippen LogP contribution < -0.4 is 10.0 Å². The van der Waals surface area contributed by atoms with Gasteiger partial charge in [-0.25, -0.2) is 0 Å². The quantitative estimate of drug-likeness (QED) is 0.780. The SMILES string of the molecule is CC1=C/C(=C2/C=C(C)N(C)N2c2ccccc2)N(c2ccccc2)N1C. The fourth-order valence-electron chi connectivity index (χ4n) is 3.47. The van der Waals surface area contributed by atoms with Gasteiger partial charge in [0.15, 0.2) is 0 Å². The molecule has 0 unspecified atom stereocenters. The molecule has 2 heterocycles. The molecule has 132 valence electrons. The van der Waals surface area contributed by atoms with E-state index in [0.717, 1.165) is 11.4 Å². The Morgan fingerprint density at radius 2 is 0.885 bits per heavy atom. The van der Waals surface area contributed by atoms with Crippen LogP contribution in [0.4, 0.5) is 11.4 Å².